The van der Waals surface area contributed by atoms with Crippen molar-refractivity contribution in [3.63, 3.8) is 0 Å². The Morgan fingerprint density at radius 1 is 1.44 bits per heavy atom. The van der Waals surface area contributed by atoms with E-state index in [0.717, 1.165) is 45.8 Å². The zero-order chi connectivity index (χ0) is 13.2. The van der Waals surface area contributed by atoms with Gasteiger partial charge in [-0.2, -0.15) is 0 Å². The average Bonchev–Trinajstić information content (AvgIpc) is 2.39. The second-order valence-electron chi connectivity index (χ2n) is 4.63. The molecule has 1 N–H and O–H groups in total. The molecule has 5 heteroatoms. The number of hydrogen-bond acceptors (Lipinski definition) is 5. The normalized spacial score (nSPS) is 17.5. The molecule has 0 aliphatic carbocycles. The Morgan fingerprint density at radius 3 is 2.83 bits per heavy atom. The number of nitrogens with one attached hydrogen (secondary N) is 1. The van der Waals surface area contributed by atoms with Gasteiger partial charge in [-0.05, 0) is 26.6 Å². The molecule has 0 amide bonds. The van der Waals surface area contributed by atoms with E-state index >= 15 is 0 Å². The molecule has 1 saturated heterocycles. The van der Waals surface area contributed by atoms with Crippen molar-refractivity contribution in [1.82, 2.24) is 15.1 Å². The largest absolute Gasteiger partial charge is 0.466 e. The fourth-order valence-electron chi connectivity index (χ4n) is 1.99. The summed E-state index contributed by atoms with van der Waals surface area (Å²) in [7, 11) is 3.46. The lowest BCUT2D eigenvalue weighted by atomic mass is 10.3. The average molecular weight is 255 g/mol. The molecule has 0 atom stereocenters. The highest BCUT2D eigenvalue weighted by Crippen LogP contribution is 1.96. The summed E-state index contributed by atoms with van der Waals surface area (Å²) in [6.07, 6.45) is 4.49. The van der Waals surface area contributed by atoms with Crippen LogP contribution in [0.1, 0.15) is 6.42 Å². The van der Waals surface area contributed by atoms with Gasteiger partial charge in [-0.3, -0.25) is 0 Å². The lowest BCUT2D eigenvalue weighted by Crippen LogP contribution is -2.44. The first-order valence-electron chi connectivity index (χ1n) is 6.58. The summed E-state index contributed by atoms with van der Waals surface area (Å²) in [5, 5.41) is 3.35. The maximum Gasteiger partial charge on any atom is 0.330 e. The standard InChI is InChI=1S/C13H25N3O2/c1-15(8-3-5-13(17)18-2)9-4-10-16-11-6-14-7-12-16/h3,5,14H,4,6-12H2,1-2H3/b5-3+. The van der Waals surface area contributed by atoms with E-state index in [4.69, 9.17) is 0 Å². The van der Waals surface area contributed by atoms with Gasteiger partial charge in [0, 0.05) is 38.8 Å². The molecule has 0 spiro atoms. The maximum atomic E-state index is 10.9. The Kier molecular flexibility index (Phi) is 7.64. The molecule has 0 radical (unpaired) electrons. The van der Waals surface area contributed by atoms with Gasteiger partial charge in [0.15, 0.2) is 0 Å². The summed E-state index contributed by atoms with van der Waals surface area (Å²) < 4.78 is 4.54. The molecule has 1 aliphatic heterocycles. The number of rotatable bonds is 7. The molecule has 0 bridgehead atoms. The highest BCUT2D eigenvalue weighted by atomic mass is 16.5. The summed E-state index contributed by atoms with van der Waals surface area (Å²) in [4.78, 5) is 15.6. The van der Waals surface area contributed by atoms with Crippen LogP contribution in [0.4, 0.5) is 0 Å². The molecule has 0 saturated carbocycles. The van der Waals surface area contributed by atoms with Crippen LogP contribution in [-0.2, 0) is 9.53 Å². The van der Waals surface area contributed by atoms with Crippen LogP contribution in [0.3, 0.4) is 0 Å². The zero-order valence-corrected chi connectivity index (χ0v) is 11.5. The van der Waals surface area contributed by atoms with Gasteiger partial charge in [0.25, 0.3) is 0 Å². The van der Waals surface area contributed by atoms with E-state index in [1.165, 1.54) is 19.6 Å². The highest BCUT2D eigenvalue weighted by Gasteiger charge is 2.08. The Balaban J connectivity index is 2.03. The minimum atomic E-state index is -0.288. The molecule has 1 aliphatic rings. The van der Waals surface area contributed by atoms with Crippen LogP contribution < -0.4 is 5.32 Å². The minimum Gasteiger partial charge on any atom is -0.466 e. The van der Waals surface area contributed by atoms with Crippen molar-refractivity contribution >= 4 is 5.97 Å². The number of esters is 1. The molecule has 0 unspecified atom stereocenters. The monoisotopic (exact) mass is 255 g/mol. The van der Waals surface area contributed by atoms with Crippen molar-refractivity contribution in [3.05, 3.63) is 12.2 Å². The van der Waals surface area contributed by atoms with Gasteiger partial charge in [0.05, 0.1) is 7.11 Å². The van der Waals surface area contributed by atoms with E-state index in [0.29, 0.717) is 0 Å². The quantitative estimate of drug-likeness (QED) is 0.510. The van der Waals surface area contributed by atoms with E-state index in [1.54, 1.807) is 0 Å². The molecule has 104 valence electrons. The minimum absolute atomic E-state index is 0.288. The molecule has 1 rings (SSSR count). The Labute approximate surface area is 110 Å². The lowest BCUT2D eigenvalue weighted by molar-refractivity contribution is -0.134. The molecule has 5 nitrogen and oxygen atoms in total. The van der Waals surface area contributed by atoms with Gasteiger partial charge in [-0.1, -0.05) is 6.08 Å². The van der Waals surface area contributed by atoms with Crippen LogP contribution in [0.25, 0.3) is 0 Å². The predicted octanol–water partition coefficient (Wildman–Crippen LogP) is -0.0573. The SMILES string of the molecule is COC(=O)/C=C/CN(C)CCCN1CCNCC1. The van der Waals surface area contributed by atoms with E-state index in [9.17, 15) is 4.79 Å². The van der Waals surface area contributed by atoms with Gasteiger partial charge in [-0.15, -0.1) is 0 Å². The van der Waals surface area contributed by atoms with E-state index in [1.807, 2.05) is 6.08 Å². The topological polar surface area (TPSA) is 44.8 Å². The fourth-order valence-corrected chi connectivity index (χ4v) is 1.99. The summed E-state index contributed by atoms with van der Waals surface area (Å²) in [6.45, 7) is 7.53. The molecular weight excluding hydrogens is 230 g/mol. The van der Waals surface area contributed by atoms with Gasteiger partial charge in [0.2, 0.25) is 0 Å². The van der Waals surface area contributed by atoms with Crippen molar-refractivity contribution in [1.29, 1.82) is 0 Å². The van der Waals surface area contributed by atoms with Crippen LogP contribution in [0.2, 0.25) is 0 Å². The third kappa shape index (κ3) is 6.74. The third-order valence-corrected chi connectivity index (χ3v) is 3.10. The molecule has 0 aromatic heterocycles. The summed E-state index contributed by atoms with van der Waals surface area (Å²) in [5.41, 5.74) is 0. The number of carbonyl (C=O) groups excluding carboxylic acids is 1. The Morgan fingerprint density at radius 2 is 2.17 bits per heavy atom. The molecule has 1 heterocycles. The van der Waals surface area contributed by atoms with Crippen molar-refractivity contribution in [2.24, 2.45) is 0 Å². The molecule has 1 fully saturated rings. The van der Waals surface area contributed by atoms with E-state index in [-0.39, 0.29) is 5.97 Å². The first kappa shape index (κ1) is 15.1. The molecular formula is C13H25N3O2. The lowest BCUT2D eigenvalue weighted by Gasteiger charge is -2.27. The van der Waals surface area contributed by atoms with Crippen molar-refractivity contribution in [2.45, 2.75) is 6.42 Å². The van der Waals surface area contributed by atoms with E-state index < -0.39 is 0 Å². The fraction of sp³-hybridized carbons (Fsp3) is 0.769. The Bertz CT molecular complexity index is 263. The first-order valence-corrected chi connectivity index (χ1v) is 6.58. The van der Waals surface area contributed by atoms with Gasteiger partial charge in [0.1, 0.15) is 0 Å². The zero-order valence-electron chi connectivity index (χ0n) is 11.5. The number of nitrogens with zero attached hydrogens (tertiary/aromatic N) is 2. The number of likely N-dealkylation sites (N-methyl/N-ethyl adjacent to an activating group) is 1. The van der Waals surface area contributed by atoms with Crippen molar-refractivity contribution < 1.29 is 9.53 Å². The summed E-state index contributed by atoms with van der Waals surface area (Å²) in [5.74, 6) is -0.288. The van der Waals surface area contributed by atoms with Crippen LogP contribution >= 0.6 is 0 Å². The van der Waals surface area contributed by atoms with Crippen LogP contribution in [0.5, 0.6) is 0 Å². The second-order valence-corrected chi connectivity index (χ2v) is 4.63. The third-order valence-electron chi connectivity index (χ3n) is 3.10. The van der Waals surface area contributed by atoms with E-state index in [2.05, 4.69) is 26.9 Å². The van der Waals surface area contributed by atoms with Crippen molar-refractivity contribution in [3.8, 4) is 0 Å². The molecule has 18 heavy (non-hydrogen) atoms. The highest BCUT2D eigenvalue weighted by molar-refractivity contribution is 5.81. The number of piperazine rings is 1. The number of ether oxygens (including phenoxy) is 1. The smallest absolute Gasteiger partial charge is 0.330 e. The summed E-state index contributed by atoms with van der Waals surface area (Å²) >= 11 is 0. The number of methoxy groups -OCH3 is 1. The van der Waals surface area contributed by atoms with Gasteiger partial charge in [-0.25, -0.2) is 4.79 Å². The number of carbonyl (C=O) groups is 1. The number of hydrogen-bond donors (Lipinski definition) is 1. The second kappa shape index (κ2) is 9.08. The van der Waals surface area contributed by atoms with Gasteiger partial charge >= 0.3 is 5.97 Å². The summed E-state index contributed by atoms with van der Waals surface area (Å²) in [6, 6.07) is 0. The predicted molar refractivity (Wildman–Crippen MR) is 72.6 cm³/mol. The van der Waals surface area contributed by atoms with Gasteiger partial charge < -0.3 is 19.9 Å². The van der Waals surface area contributed by atoms with Crippen LogP contribution in [-0.4, -0.2) is 75.7 Å². The van der Waals surface area contributed by atoms with Crippen LogP contribution in [0, 0.1) is 0 Å². The molecule has 0 aromatic rings. The maximum absolute atomic E-state index is 10.9. The van der Waals surface area contributed by atoms with Crippen LogP contribution in [0.15, 0.2) is 12.2 Å². The Hall–Kier alpha value is -0.910. The molecule has 0 aromatic carbocycles. The first-order chi connectivity index (χ1) is 8.72. The van der Waals surface area contributed by atoms with Crippen molar-refractivity contribution in [2.75, 3.05) is 60.0 Å².